The summed E-state index contributed by atoms with van der Waals surface area (Å²) in [5, 5.41) is 12.9. The number of nitrogens with zero attached hydrogens (tertiary/aromatic N) is 2. The molecule has 0 saturated carbocycles. The van der Waals surface area contributed by atoms with Gasteiger partial charge in [0.05, 0.1) is 6.54 Å². The van der Waals surface area contributed by atoms with E-state index >= 15 is 0 Å². The molecule has 1 aliphatic rings. The maximum atomic E-state index is 12.1. The Kier molecular flexibility index (Phi) is 5.91. The lowest BCUT2D eigenvalue weighted by molar-refractivity contribution is -0.117. The second-order valence-corrected chi connectivity index (χ2v) is 6.71. The Balaban J connectivity index is 1.42. The van der Waals surface area contributed by atoms with Crippen LogP contribution in [0.2, 0.25) is 5.02 Å². The monoisotopic (exact) mass is 359 g/mol. The third-order valence-electron chi connectivity index (χ3n) is 4.28. The summed E-state index contributed by atoms with van der Waals surface area (Å²) >= 11 is 6.03. The Bertz CT molecular complexity index is 713. The van der Waals surface area contributed by atoms with E-state index in [1.165, 1.54) is 5.56 Å². The Morgan fingerprint density at radius 1 is 1.04 bits per heavy atom. The molecule has 0 aromatic heterocycles. The van der Waals surface area contributed by atoms with Crippen LogP contribution in [0.5, 0.6) is 5.75 Å². The van der Waals surface area contributed by atoms with Crippen LogP contribution in [0.25, 0.3) is 0 Å². The second-order valence-electron chi connectivity index (χ2n) is 6.28. The van der Waals surface area contributed by atoms with Gasteiger partial charge < -0.3 is 10.4 Å². The Labute approximate surface area is 152 Å². The van der Waals surface area contributed by atoms with E-state index in [1.807, 2.05) is 18.2 Å². The molecule has 25 heavy (non-hydrogen) atoms. The molecule has 2 aromatic rings. The van der Waals surface area contributed by atoms with Crippen molar-refractivity contribution in [3.63, 3.8) is 0 Å². The van der Waals surface area contributed by atoms with Crippen LogP contribution in [0.15, 0.2) is 48.5 Å². The molecular weight excluding hydrogens is 338 g/mol. The summed E-state index contributed by atoms with van der Waals surface area (Å²) in [5.74, 6) is 0.155. The molecule has 3 rings (SSSR count). The minimum atomic E-state index is -0.0334. The Morgan fingerprint density at radius 3 is 2.40 bits per heavy atom. The third kappa shape index (κ3) is 5.46. The number of halogens is 1. The van der Waals surface area contributed by atoms with E-state index in [4.69, 9.17) is 11.6 Å². The lowest BCUT2D eigenvalue weighted by Crippen LogP contribution is -2.48. The predicted molar refractivity (Wildman–Crippen MR) is 99.9 cm³/mol. The zero-order valence-corrected chi connectivity index (χ0v) is 14.7. The van der Waals surface area contributed by atoms with Crippen LogP contribution in [-0.2, 0) is 11.3 Å². The van der Waals surface area contributed by atoms with Gasteiger partial charge in [0.15, 0.2) is 0 Å². The minimum Gasteiger partial charge on any atom is -0.508 e. The fourth-order valence-electron chi connectivity index (χ4n) is 2.95. The number of carbonyl (C=O) groups is 1. The molecule has 1 fully saturated rings. The number of anilines is 1. The zero-order valence-electron chi connectivity index (χ0n) is 14.0. The van der Waals surface area contributed by atoms with Crippen LogP contribution < -0.4 is 5.32 Å². The smallest absolute Gasteiger partial charge is 0.238 e. The van der Waals surface area contributed by atoms with Gasteiger partial charge in [0, 0.05) is 43.4 Å². The first-order valence-electron chi connectivity index (χ1n) is 8.36. The molecule has 6 heteroatoms. The fraction of sp³-hybridized carbons (Fsp3) is 0.316. The number of piperazine rings is 1. The number of rotatable bonds is 5. The quantitative estimate of drug-likeness (QED) is 0.806. The average molecular weight is 360 g/mol. The Morgan fingerprint density at radius 2 is 1.72 bits per heavy atom. The van der Waals surface area contributed by atoms with E-state index in [1.54, 1.807) is 24.3 Å². The minimum absolute atomic E-state index is 0.0334. The molecule has 1 amide bonds. The number of hydrogen-bond acceptors (Lipinski definition) is 4. The molecule has 0 radical (unpaired) electrons. The van der Waals surface area contributed by atoms with Gasteiger partial charge in [-0.15, -0.1) is 0 Å². The SMILES string of the molecule is O=C(CN1CCN(Cc2cccc(Cl)c2)CC1)Nc1ccc(O)cc1. The van der Waals surface area contributed by atoms with Gasteiger partial charge in [-0.05, 0) is 42.0 Å². The molecule has 2 aromatic carbocycles. The van der Waals surface area contributed by atoms with Crippen molar-refractivity contribution in [1.29, 1.82) is 0 Å². The van der Waals surface area contributed by atoms with Gasteiger partial charge >= 0.3 is 0 Å². The van der Waals surface area contributed by atoms with Crippen LogP contribution in [0, 0.1) is 0 Å². The summed E-state index contributed by atoms with van der Waals surface area (Å²) in [7, 11) is 0. The van der Waals surface area contributed by atoms with Gasteiger partial charge in [-0.2, -0.15) is 0 Å². The largest absolute Gasteiger partial charge is 0.508 e. The maximum absolute atomic E-state index is 12.1. The summed E-state index contributed by atoms with van der Waals surface area (Å²) in [6, 6.07) is 14.4. The summed E-state index contributed by atoms with van der Waals surface area (Å²) in [6.45, 7) is 4.85. The Hall–Kier alpha value is -2.08. The van der Waals surface area contributed by atoms with Crippen molar-refractivity contribution in [3.8, 4) is 5.75 Å². The fourth-order valence-corrected chi connectivity index (χ4v) is 3.16. The van der Waals surface area contributed by atoms with Crippen molar-refractivity contribution in [1.82, 2.24) is 9.80 Å². The van der Waals surface area contributed by atoms with E-state index in [-0.39, 0.29) is 11.7 Å². The molecule has 0 atom stereocenters. The lowest BCUT2D eigenvalue weighted by atomic mass is 10.2. The number of phenolic OH excluding ortho intramolecular Hbond substituents is 1. The highest BCUT2D eigenvalue weighted by Crippen LogP contribution is 2.15. The summed E-state index contributed by atoms with van der Waals surface area (Å²) in [6.07, 6.45) is 0. The van der Waals surface area contributed by atoms with E-state index in [2.05, 4.69) is 21.2 Å². The first kappa shape index (κ1) is 17.7. The van der Waals surface area contributed by atoms with Crippen LogP contribution in [-0.4, -0.2) is 53.5 Å². The first-order valence-corrected chi connectivity index (χ1v) is 8.74. The van der Waals surface area contributed by atoms with Crippen LogP contribution >= 0.6 is 11.6 Å². The van der Waals surface area contributed by atoms with E-state index in [9.17, 15) is 9.90 Å². The molecule has 5 nitrogen and oxygen atoms in total. The van der Waals surface area contributed by atoms with E-state index < -0.39 is 0 Å². The van der Waals surface area contributed by atoms with Crippen molar-refractivity contribution >= 4 is 23.2 Å². The normalized spacial score (nSPS) is 15.9. The molecule has 2 N–H and O–H groups in total. The molecule has 0 unspecified atom stereocenters. The second kappa shape index (κ2) is 8.34. The van der Waals surface area contributed by atoms with Crippen LogP contribution in [0.1, 0.15) is 5.56 Å². The zero-order chi connectivity index (χ0) is 17.6. The number of benzene rings is 2. The van der Waals surface area contributed by atoms with Crippen molar-refractivity contribution in [2.45, 2.75) is 6.54 Å². The molecule has 0 spiro atoms. The van der Waals surface area contributed by atoms with Gasteiger partial charge in [0.1, 0.15) is 5.75 Å². The first-order chi connectivity index (χ1) is 12.1. The molecule has 132 valence electrons. The number of phenols is 1. The highest BCUT2D eigenvalue weighted by molar-refractivity contribution is 6.30. The standard InChI is InChI=1S/C19H22ClN3O2/c20-16-3-1-2-15(12-16)13-22-8-10-23(11-9-22)14-19(25)21-17-4-6-18(24)7-5-17/h1-7,12,24H,8-11,13-14H2,(H,21,25). The van der Waals surface area contributed by atoms with Crippen LogP contribution in [0.3, 0.4) is 0 Å². The maximum Gasteiger partial charge on any atom is 0.238 e. The van der Waals surface area contributed by atoms with Gasteiger partial charge in [-0.1, -0.05) is 23.7 Å². The number of carbonyl (C=O) groups excluding carboxylic acids is 1. The molecule has 0 bridgehead atoms. The summed E-state index contributed by atoms with van der Waals surface area (Å²) in [4.78, 5) is 16.7. The van der Waals surface area contributed by atoms with Gasteiger partial charge in [0.2, 0.25) is 5.91 Å². The van der Waals surface area contributed by atoms with Crippen molar-refractivity contribution in [3.05, 3.63) is 59.1 Å². The van der Waals surface area contributed by atoms with Crippen molar-refractivity contribution in [2.75, 3.05) is 38.0 Å². The van der Waals surface area contributed by atoms with Crippen molar-refractivity contribution < 1.29 is 9.90 Å². The number of aromatic hydroxyl groups is 1. The van der Waals surface area contributed by atoms with Gasteiger partial charge in [0.25, 0.3) is 0 Å². The van der Waals surface area contributed by atoms with Gasteiger partial charge in [-0.3, -0.25) is 14.6 Å². The number of nitrogens with one attached hydrogen (secondary N) is 1. The third-order valence-corrected chi connectivity index (χ3v) is 4.51. The molecule has 0 aliphatic carbocycles. The predicted octanol–water partition coefficient (Wildman–Crippen LogP) is 2.80. The summed E-state index contributed by atoms with van der Waals surface area (Å²) < 4.78 is 0. The van der Waals surface area contributed by atoms with Gasteiger partial charge in [-0.25, -0.2) is 0 Å². The molecule has 1 saturated heterocycles. The molecular formula is C19H22ClN3O2. The van der Waals surface area contributed by atoms with Crippen LogP contribution in [0.4, 0.5) is 5.69 Å². The molecule has 1 aliphatic heterocycles. The van der Waals surface area contributed by atoms with E-state index in [0.29, 0.717) is 12.2 Å². The van der Waals surface area contributed by atoms with Crippen molar-refractivity contribution in [2.24, 2.45) is 0 Å². The highest BCUT2D eigenvalue weighted by atomic mass is 35.5. The number of hydrogen-bond donors (Lipinski definition) is 2. The van der Waals surface area contributed by atoms with E-state index in [0.717, 1.165) is 37.7 Å². The lowest BCUT2D eigenvalue weighted by Gasteiger charge is -2.34. The highest BCUT2D eigenvalue weighted by Gasteiger charge is 2.19. The summed E-state index contributed by atoms with van der Waals surface area (Å²) in [5.41, 5.74) is 1.91. The number of amides is 1. The topological polar surface area (TPSA) is 55.8 Å². The molecule has 1 heterocycles. The average Bonchev–Trinajstić information content (AvgIpc) is 2.59.